The van der Waals surface area contributed by atoms with Gasteiger partial charge in [0.1, 0.15) is 0 Å². The molecule has 0 unspecified atom stereocenters. The Hall–Kier alpha value is -1.30. The first kappa shape index (κ1) is 20.2. The summed E-state index contributed by atoms with van der Waals surface area (Å²) in [5, 5.41) is 10.1. The Labute approximate surface area is 98.6 Å². The van der Waals surface area contributed by atoms with Crippen LogP contribution in [0, 0.1) is 0 Å². The van der Waals surface area contributed by atoms with Crippen LogP contribution < -0.4 is 21.3 Å². The number of carbonyl (C=O) groups excluding carboxylic acids is 2. The number of urea groups is 1. The second-order valence-corrected chi connectivity index (χ2v) is 2.56. The van der Waals surface area contributed by atoms with Gasteiger partial charge in [0.15, 0.2) is 0 Å². The van der Waals surface area contributed by atoms with E-state index in [9.17, 15) is 9.59 Å². The monoisotopic (exact) mass is 234 g/mol. The van der Waals surface area contributed by atoms with Crippen molar-refractivity contribution in [3.63, 3.8) is 0 Å². The third-order valence-electron chi connectivity index (χ3n) is 1.41. The highest BCUT2D eigenvalue weighted by molar-refractivity contribution is 5.75. The van der Waals surface area contributed by atoms with Gasteiger partial charge in [-0.3, -0.25) is 4.79 Å². The highest BCUT2D eigenvalue weighted by atomic mass is 16.2. The van der Waals surface area contributed by atoms with Gasteiger partial charge in [0.05, 0.1) is 0 Å². The van der Waals surface area contributed by atoms with E-state index in [2.05, 4.69) is 28.2 Å². The van der Waals surface area contributed by atoms with Crippen molar-refractivity contribution in [2.45, 2.75) is 20.3 Å². The lowest BCUT2D eigenvalue weighted by Crippen LogP contribution is -2.28. The molecule has 0 saturated heterocycles. The Morgan fingerprint density at radius 2 is 1.25 bits per heavy atom. The van der Waals surface area contributed by atoms with E-state index in [-0.39, 0.29) is 11.9 Å². The van der Waals surface area contributed by atoms with E-state index in [0.717, 1.165) is 6.54 Å². The zero-order chi connectivity index (χ0) is 13.4. The molecule has 0 heterocycles. The van der Waals surface area contributed by atoms with E-state index in [1.54, 1.807) is 21.1 Å². The maximum absolute atomic E-state index is 10.1. The molecular weight excluding hydrogens is 208 g/mol. The van der Waals surface area contributed by atoms with Crippen molar-refractivity contribution >= 4 is 11.9 Å². The summed E-state index contributed by atoms with van der Waals surface area (Å²) < 4.78 is 0. The molecule has 0 saturated carbocycles. The number of nitrogens with one attached hydrogen (secondary N) is 4. The minimum Gasteiger partial charge on any atom is -0.359 e. The molecule has 0 fully saturated rings. The first-order valence-corrected chi connectivity index (χ1v) is 5.28. The van der Waals surface area contributed by atoms with E-state index < -0.39 is 0 Å². The van der Waals surface area contributed by atoms with Crippen LogP contribution in [0.1, 0.15) is 20.3 Å². The van der Waals surface area contributed by atoms with Gasteiger partial charge in [-0.2, -0.15) is 0 Å². The Kier molecular flexibility index (Phi) is 24.3. The molecule has 0 bridgehead atoms. The smallest absolute Gasteiger partial charge is 0.314 e. The van der Waals surface area contributed by atoms with Gasteiger partial charge >= 0.3 is 6.03 Å². The molecule has 98 valence electrons. The van der Waals surface area contributed by atoms with Gasteiger partial charge < -0.3 is 21.3 Å². The summed E-state index contributed by atoms with van der Waals surface area (Å²) in [6.45, 7) is 4.96. The minimum absolute atomic E-state index is 0.0926. The van der Waals surface area contributed by atoms with Crippen LogP contribution >= 0.6 is 0 Å². The summed E-state index contributed by atoms with van der Waals surface area (Å²) in [5.74, 6) is 0.0926. The van der Waals surface area contributed by atoms with Crippen molar-refractivity contribution in [3.8, 4) is 0 Å². The van der Waals surface area contributed by atoms with Gasteiger partial charge in [0.25, 0.3) is 0 Å². The molecule has 0 aromatic carbocycles. The van der Waals surface area contributed by atoms with Crippen molar-refractivity contribution in [2.24, 2.45) is 0 Å². The Morgan fingerprint density at radius 1 is 0.875 bits per heavy atom. The zero-order valence-electron chi connectivity index (χ0n) is 11.2. The topological polar surface area (TPSA) is 82.3 Å². The van der Waals surface area contributed by atoms with E-state index in [4.69, 9.17) is 0 Å². The zero-order valence-corrected chi connectivity index (χ0v) is 11.2. The molecule has 0 aliphatic rings. The van der Waals surface area contributed by atoms with E-state index >= 15 is 0 Å². The first-order valence-electron chi connectivity index (χ1n) is 5.28. The number of amides is 3. The maximum Gasteiger partial charge on any atom is 0.314 e. The van der Waals surface area contributed by atoms with Crippen LogP contribution in [0.4, 0.5) is 4.79 Å². The molecule has 0 radical (unpaired) electrons. The standard InChI is InChI=1S/C4H9NO.C3H8N2O.C3H9N/c1-3-4(6)5-2;1-4-3(6)5-2;1-3-4-2/h3H2,1-2H3,(H,5,6);1-2H3,(H2,4,5,6);4H,3H2,1-2H3. The lowest BCUT2D eigenvalue weighted by atomic mass is 10.5. The molecule has 0 spiro atoms. The lowest BCUT2D eigenvalue weighted by molar-refractivity contribution is -0.120. The van der Waals surface area contributed by atoms with Gasteiger partial charge in [-0.1, -0.05) is 13.8 Å². The lowest BCUT2D eigenvalue weighted by Gasteiger charge is -1.91. The molecule has 0 aromatic rings. The molecule has 4 N–H and O–H groups in total. The third-order valence-corrected chi connectivity index (χ3v) is 1.41. The van der Waals surface area contributed by atoms with Gasteiger partial charge in [-0.05, 0) is 13.6 Å². The van der Waals surface area contributed by atoms with Crippen molar-refractivity contribution in [3.05, 3.63) is 0 Å². The van der Waals surface area contributed by atoms with Gasteiger partial charge in [-0.25, -0.2) is 4.79 Å². The van der Waals surface area contributed by atoms with Crippen LogP contribution in [-0.2, 0) is 4.79 Å². The quantitative estimate of drug-likeness (QED) is 0.539. The van der Waals surface area contributed by atoms with Crippen LogP contribution in [0.5, 0.6) is 0 Å². The van der Waals surface area contributed by atoms with Crippen molar-refractivity contribution < 1.29 is 9.59 Å². The highest BCUT2D eigenvalue weighted by Gasteiger charge is 1.84. The minimum atomic E-state index is -0.157. The second kappa shape index (κ2) is 19.3. The summed E-state index contributed by atoms with van der Waals surface area (Å²) in [5.41, 5.74) is 0. The highest BCUT2D eigenvalue weighted by Crippen LogP contribution is 1.68. The van der Waals surface area contributed by atoms with E-state index in [1.165, 1.54) is 0 Å². The van der Waals surface area contributed by atoms with Crippen LogP contribution in [0.3, 0.4) is 0 Å². The van der Waals surface area contributed by atoms with Crippen molar-refractivity contribution in [2.75, 3.05) is 34.7 Å². The third kappa shape index (κ3) is 29.3. The van der Waals surface area contributed by atoms with Gasteiger partial charge in [0, 0.05) is 27.6 Å². The molecule has 3 amide bonds. The predicted octanol–water partition coefficient (Wildman–Crippen LogP) is -0.0867. The molecule has 6 heteroatoms. The molecule has 6 nitrogen and oxygen atoms in total. The van der Waals surface area contributed by atoms with Crippen LogP contribution in [0.25, 0.3) is 0 Å². The SMILES string of the molecule is CCC(=O)NC.CCNC.CNC(=O)NC. The normalized spacial score (nSPS) is 7.38. The van der Waals surface area contributed by atoms with Crippen molar-refractivity contribution in [1.82, 2.24) is 21.3 Å². The molecule has 0 aliphatic carbocycles. The fourth-order valence-corrected chi connectivity index (χ4v) is 0.302. The summed E-state index contributed by atoms with van der Waals surface area (Å²) in [6.07, 6.45) is 0.580. The van der Waals surface area contributed by atoms with Crippen LogP contribution in [-0.4, -0.2) is 46.7 Å². The van der Waals surface area contributed by atoms with Crippen LogP contribution in [0.2, 0.25) is 0 Å². The molecule has 0 atom stereocenters. The summed E-state index contributed by atoms with van der Waals surface area (Å²) in [6, 6.07) is -0.157. The number of rotatable bonds is 2. The van der Waals surface area contributed by atoms with Gasteiger partial charge in [0.2, 0.25) is 5.91 Å². The molecule has 0 aliphatic heterocycles. The molecule has 0 rings (SSSR count). The number of carbonyl (C=O) groups is 2. The summed E-state index contributed by atoms with van der Waals surface area (Å²) in [7, 11) is 6.70. The number of hydrogen-bond donors (Lipinski definition) is 4. The molecular formula is C10H26N4O2. The van der Waals surface area contributed by atoms with E-state index in [0.29, 0.717) is 6.42 Å². The Morgan fingerprint density at radius 3 is 1.25 bits per heavy atom. The fraction of sp³-hybridized carbons (Fsp3) is 0.800. The summed E-state index contributed by atoms with van der Waals surface area (Å²) >= 11 is 0. The first-order chi connectivity index (χ1) is 7.53. The average Bonchev–Trinajstić information content (AvgIpc) is 2.37. The predicted molar refractivity (Wildman–Crippen MR) is 67.5 cm³/mol. The fourth-order valence-electron chi connectivity index (χ4n) is 0.302. The van der Waals surface area contributed by atoms with Crippen molar-refractivity contribution in [1.29, 1.82) is 0 Å². The maximum atomic E-state index is 10.1. The Balaban J connectivity index is -0.000000162. The van der Waals surface area contributed by atoms with Crippen LogP contribution in [0.15, 0.2) is 0 Å². The van der Waals surface area contributed by atoms with Gasteiger partial charge in [-0.15, -0.1) is 0 Å². The molecule has 16 heavy (non-hydrogen) atoms. The summed E-state index contributed by atoms with van der Waals surface area (Å²) in [4.78, 5) is 20.0. The number of hydrogen-bond acceptors (Lipinski definition) is 3. The van der Waals surface area contributed by atoms with E-state index in [1.807, 2.05) is 14.0 Å². The molecule has 0 aromatic heterocycles. The Bertz CT molecular complexity index is 133. The average molecular weight is 234 g/mol. The largest absolute Gasteiger partial charge is 0.359 e. The second-order valence-electron chi connectivity index (χ2n) is 2.56.